The summed E-state index contributed by atoms with van der Waals surface area (Å²) in [5.41, 5.74) is 1.40. The highest BCUT2D eigenvalue weighted by molar-refractivity contribution is 7.99. The average Bonchev–Trinajstić information content (AvgIpc) is 3.38. The number of halogens is 1. The molecule has 0 aliphatic heterocycles. The maximum atomic E-state index is 12.9. The molecule has 0 aliphatic rings. The van der Waals surface area contributed by atoms with Gasteiger partial charge in [0.25, 0.3) is 0 Å². The van der Waals surface area contributed by atoms with Crippen LogP contribution in [0.2, 0.25) is 0 Å². The Balaban J connectivity index is 1.29. The zero-order valence-electron chi connectivity index (χ0n) is 16.2. The molecule has 4 aromatic rings. The average molecular weight is 443 g/mol. The van der Waals surface area contributed by atoms with Crippen LogP contribution in [0.3, 0.4) is 0 Å². The lowest BCUT2D eigenvalue weighted by Gasteiger charge is -2.02. The summed E-state index contributed by atoms with van der Waals surface area (Å²) in [4.78, 5) is 17.6. The van der Waals surface area contributed by atoms with E-state index in [0.717, 1.165) is 33.8 Å². The summed E-state index contributed by atoms with van der Waals surface area (Å²) in [6.45, 7) is 0. The van der Waals surface area contributed by atoms with Crippen LogP contribution in [0.4, 0.5) is 9.52 Å². The van der Waals surface area contributed by atoms with Gasteiger partial charge in [-0.3, -0.25) is 4.79 Å². The molecule has 0 spiro atoms. The second-order valence-electron chi connectivity index (χ2n) is 6.51. The van der Waals surface area contributed by atoms with Crippen molar-refractivity contribution in [3.8, 4) is 17.2 Å². The van der Waals surface area contributed by atoms with Crippen LogP contribution in [0, 0.1) is 5.82 Å². The van der Waals surface area contributed by atoms with Gasteiger partial charge in [-0.25, -0.2) is 9.37 Å². The number of fused-ring (bicyclic) bond motifs is 1. The van der Waals surface area contributed by atoms with E-state index in [4.69, 9.17) is 9.15 Å². The third-order valence-corrected chi connectivity index (χ3v) is 6.22. The molecule has 30 heavy (non-hydrogen) atoms. The van der Waals surface area contributed by atoms with Gasteiger partial charge in [-0.05, 0) is 54.6 Å². The second-order valence-corrected chi connectivity index (χ2v) is 8.53. The van der Waals surface area contributed by atoms with E-state index >= 15 is 0 Å². The van der Waals surface area contributed by atoms with Gasteiger partial charge in [0.2, 0.25) is 5.91 Å². The molecule has 4 rings (SSSR count). The van der Waals surface area contributed by atoms with Crippen LogP contribution in [0.25, 0.3) is 22.4 Å². The molecule has 0 aliphatic carbocycles. The fourth-order valence-corrected chi connectivity index (χ4v) is 4.41. The van der Waals surface area contributed by atoms with Gasteiger partial charge in [0.1, 0.15) is 22.8 Å². The highest BCUT2D eigenvalue weighted by atomic mass is 32.2. The zero-order chi connectivity index (χ0) is 20.9. The molecular weight excluding hydrogens is 423 g/mol. The Hall–Kier alpha value is -2.84. The number of ether oxygens (including phenoxy) is 1. The Morgan fingerprint density at radius 3 is 2.87 bits per heavy atom. The Morgan fingerprint density at radius 2 is 2.07 bits per heavy atom. The molecule has 0 atom stereocenters. The fraction of sp³-hybridized carbons (Fsp3) is 0.182. The maximum Gasteiger partial charge on any atom is 0.226 e. The van der Waals surface area contributed by atoms with Crippen molar-refractivity contribution in [3.05, 3.63) is 59.7 Å². The molecule has 0 saturated heterocycles. The number of nitrogens with zero attached hydrogens (tertiary/aromatic N) is 1. The highest BCUT2D eigenvalue weighted by Gasteiger charge is 2.12. The predicted octanol–water partition coefficient (Wildman–Crippen LogP) is 6.22. The van der Waals surface area contributed by atoms with E-state index in [-0.39, 0.29) is 11.7 Å². The summed E-state index contributed by atoms with van der Waals surface area (Å²) in [7, 11) is 1.61. The minimum Gasteiger partial charge on any atom is -0.497 e. The lowest BCUT2D eigenvalue weighted by atomic mass is 10.2. The first-order chi connectivity index (χ1) is 14.6. The number of amides is 1. The normalized spacial score (nSPS) is 11.0. The van der Waals surface area contributed by atoms with Crippen molar-refractivity contribution in [3.63, 3.8) is 0 Å². The van der Waals surface area contributed by atoms with Crippen LogP contribution in [0.15, 0.2) is 63.2 Å². The second kappa shape index (κ2) is 9.32. The Bertz CT molecular complexity index is 1150. The third-order valence-electron chi connectivity index (χ3n) is 4.36. The van der Waals surface area contributed by atoms with Crippen molar-refractivity contribution < 1.29 is 18.3 Å². The largest absolute Gasteiger partial charge is 0.497 e. The number of hydrogen-bond donors (Lipinski definition) is 1. The molecule has 154 valence electrons. The highest BCUT2D eigenvalue weighted by Crippen LogP contribution is 2.32. The molecule has 8 heteroatoms. The van der Waals surface area contributed by atoms with Gasteiger partial charge in [0, 0.05) is 28.1 Å². The molecule has 2 heterocycles. The Kier molecular flexibility index (Phi) is 6.35. The minimum atomic E-state index is -0.246. The molecule has 5 nitrogen and oxygen atoms in total. The first-order valence-electron chi connectivity index (χ1n) is 9.32. The first-order valence-corrected chi connectivity index (χ1v) is 11.2. The van der Waals surface area contributed by atoms with Crippen LogP contribution >= 0.6 is 23.1 Å². The van der Waals surface area contributed by atoms with Crippen molar-refractivity contribution in [1.29, 1.82) is 0 Å². The number of aromatic nitrogens is 1. The molecule has 0 fully saturated rings. The van der Waals surface area contributed by atoms with Crippen LogP contribution < -0.4 is 10.1 Å². The van der Waals surface area contributed by atoms with E-state index in [1.807, 2.05) is 29.6 Å². The molecule has 1 amide bonds. The number of methoxy groups -OCH3 is 1. The van der Waals surface area contributed by atoms with Gasteiger partial charge >= 0.3 is 0 Å². The number of benzene rings is 2. The molecule has 0 saturated carbocycles. The van der Waals surface area contributed by atoms with Crippen LogP contribution in [-0.4, -0.2) is 23.8 Å². The van der Waals surface area contributed by atoms with Crippen LogP contribution in [-0.2, 0) is 4.79 Å². The van der Waals surface area contributed by atoms with Gasteiger partial charge in [0.05, 0.1) is 7.11 Å². The topological polar surface area (TPSA) is 64.4 Å². The summed E-state index contributed by atoms with van der Waals surface area (Å²) >= 11 is 2.96. The lowest BCUT2D eigenvalue weighted by molar-refractivity contribution is -0.116. The number of carbonyl (C=O) groups excluding carboxylic acids is 1. The van der Waals surface area contributed by atoms with Crippen molar-refractivity contribution in [1.82, 2.24) is 4.98 Å². The molecule has 2 aromatic heterocycles. The SMILES string of the molecule is COc1ccc2cc(-c3csc(NC(=O)CCCSc4ccc(F)cc4)n3)oc2c1. The quantitative estimate of drug-likeness (QED) is 0.259. The van der Waals surface area contributed by atoms with Gasteiger partial charge in [0.15, 0.2) is 10.9 Å². The number of rotatable bonds is 8. The summed E-state index contributed by atoms with van der Waals surface area (Å²) in [6.07, 6.45) is 1.12. The summed E-state index contributed by atoms with van der Waals surface area (Å²) in [6, 6.07) is 13.9. The number of anilines is 1. The number of nitrogens with one attached hydrogen (secondary N) is 1. The molecule has 0 unspecified atom stereocenters. The molecular formula is C22H19FN2O3S2. The number of furan rings is 1. The number of carbonyl (C=O) groups is 1. The van der Waals surface area contributed by atoms with E-state index in [2.05, 4.69) is 10.3 Å². The van der Waals surface area contributed by atoms with Crippen LogP contribution in [0.1, 0.15) is 12.8 Å². The molecule has 2 aromatic carbocycles. The maximum absolute atomic E-state index is 12.9. The standard InChI is InChI=1S/C22H19FN2O3S2/c1-27-16-7-4-14-11-20(28-19(14)12-16)18-13-30-22(24-18)25-21(26)3-2-10-29-17-8-5-15(23)6-9-17/h4-9,11-13H,2-3,10H2,1H3,(H,24,25,26). The van der Waals surface area contributed by atoms with Gasteiger partial charge < -0.3 is 14.5 Å². The zero-order valence-corrected chi connectivity index (χ0v) is 17.8. The van der Waals surface area contributed by atoms with Crippen LogP contribution in [0.5, 0.6) is 5.75 Å². The molecule has 0 radical (unpaired) electrons. The summed E-state index contributed by atoms with van der Waals surface area (Å²) in [5.74, 6) is 1.83. The van der Waals surface area contributed by atoms with E-state index in [0.29, 0.717) is 23.0 Å². The Morgan fingerprint density at radius 1 is 1.23 bits per heavy atom. The summed E-state index contributed by atoms with van der Waals surface area (Å²) < 4.78 is 24.0. The van der Waals surface area contributed by atoms with E-state index in [1.54, 1.807) is 31.0 Å². The van der Waals surface area contributed by atoms with Crippen molar-refractivity contribution >= 4 is 45.1 Å². The van der Waals surface area contributed by atoms with E-state index in [9.17, 15) is 9.18 Å². The van der Waals surface area contributed by atoms with E-state index < -0.39 is 0 Å². The third kappa shape index (κ3) is 5.01. The molecule has 1 N–H and O–H groups in total. The monoisotopic (exact) mass is 442 g/mol. The van der Waals surface area contributed by atoms with Gasteiger partial charge in [-0.1, -0.05) is 0 Å². The predicted molar refractivity (Wildman–Crippen MR) is 119 cm³/mol. The number of hydrogen-bond acceptors (Lipinski definition) is 6. The first kappa shape index (κ1) is 20.4. The van der Waals surface area contributed by atoms with Crippen molar-refractivity contribution in [2.45, 2.75) is 17.7 Å². The van der Waals surface area contributed by atoms with Gasteiger partial charge in [-0.2, -0.15) is 0 Å². The van der Waals surface area contributed by atoms with E-state index in [1.165, 1.54) is 23.5 Å². The van der Waals surface area contributed by atoms with Gasteiger partial charge in [-0.15, -0.1) is 23.1 Å². The molecule has 0 bridgehead atoms. The number of thioether (sulfide) groups is 1. The smallest absolute Gasteiger partial charge is 0.226 e. The number of thiazole rings is 1. The lowest BCUT2D eigenvalue weighted by Crippen LogP contribution is -2.11. The summed E-state index contributed by atoms with van der Waals surface area (Å²) in [5, 5.41) is 6.20. The minimum absolute atomic E-state index is 0.0788. The Labute approximate surface area is 181 Å². The fourth-order valence-electron chi connectivity index (χ4n) is 2.84. The van der Waals surface area contributed by atoms with Crippen molar-refractivity contribution in [2.24, 2.45) is 0 Å². The van der Waals surface area contributed by atoms with Crippen molar-refractivity contribution in [2.75, 3.05) is 18.2 Å².